The molecule has 4 rings (SSSR count). The molecule has 1 unspecified atom stereocenters. The maximum absolute atomic E-state index is 13.1. The second-order valence-electron chi connectivity index (χ2n) is 8.05. The van der Waals surface area contributed by atoms with E-state index in [0.29, 0.717) is 24.3 Å². The topological polar surface area (TPSA) is 71.6 Å². The van der Waals surface area contributed by atoms with Crippen molar-refractivity contribution < 1.29 is 9.59 Å². The summed E-state index contributed by atoms with van der Waals surface area (Å²) in [6.45, 7) is 7.22. The normalized spacial score (nSPS) is 16.7. The molecule has 1 aliphatic rings. The van der Waals surface area contributed by atoms with Gasteiger partial charge in [-0.2, -0.15) is 5.10 Å². The Morgan fingerprint density at radius 1 is 1.24 bits per heavy atom. The number of hydrogen-bond donors (Lipinski definition) is 1. The van der Waals surface area contributed by atoms with Crippen LogP contribution in [-0.2, 0) is 0 Å². The number of aryl methyl sites for hydroxylation is 1. The molecule has 1 fully saturated rings. The summed E-state index contributed by atoms with van der Waals surface area (Å²) in [5, 5.41) is 7.26. The molecule has 3 aromatic heterocycles. The van der Waals surface area contributed by atoms with Crippen molar-refractivity contribution in [1.29, 1.82) is 0 Å². The van der Waals surface area contributed by atoms with Gasteiger partial charge in [0, 0.05) is 49.3 Å². The summed E-state index contributed by atoms with van der Waals surface area (Å²) in [5.74, 6) is -0.188. The van der Waals surface area contributed by atoms with Crippen LogP contribution < -0.4 is 5.32 Å². The van der Waals surface area contributed by atoms with Crippen molar-refractivity contribution in [2.24, 2.45) is 0 Å². The Bertz CT molecular complexity index is 1050. The molecular weight excluding hydrogens is 366 g/mol. The zero-order valence-electron chi connectivity index (χ0n) is 17.1. The lowest BCUT2D eigenvalue weighted by atomic mass is 10.2. The molecule has 1 saturated heterocycles. The third-order valence-electron chi connectivity index (χ3n) is 5.48. The fourth-order valence-electron chi connectivity index (χ4n) is 3.91. The second kappa shape index (κ2) is 7.73. The number of amides is 2. The van der Waals surface area contributed by atoms with E-state index in [4.69, 9.17) is 0 Å². The molecule has 4 heterocycles. The number of nitrogens with one attached hydrogen (secondary N) is 1. The highest BCUT2D eigenvalue weighted by molar-refractivity contribution is 5.95. The monoisotopic (exact) mass is 393 g/mol. The summed E-state index contributed by atoms with van der Waals surface area (Å²) < 4.78 is 3.75. The largest absolute Gasteiger partial charge is 0.349 e. The second-order valence-corrected chi connectivity index (χ2v) is 8.05. The Balaban J connectivity index is 1.42. The van der Waals surface area contributed by atoms with Crippen molar-refractivity contribution in [2.75, 3.05) is 13.1 Å². The quantitative estimate of drug-likeness (QED) is 0.724. The van der Waals surface area contributed by atoms with Crippen molar-refractivity contribution in [3.63, 3.8) is 0 Å². The number of aromatic nitrogens is 3. The molecular formula is C22H27N5O2. The number of fused-ring (bicyclic) bond motifs is 1. The van der Waals surface area contributed by atoms with Crippen molar-refractivity contribution in [3.05, 3.63) is 59.7 Å². The highest BCUT2D eigenvalue weighted by Gasteiger charge is 2.30. The van der Waals surface area contributed by atoms with Gasteiger partial charge in [0.15, 0.2) is 0 Å². The number of nitrogens with zero attached hydrogens (tertiary/aromatic N) is 4. The van der Waals surface area contributed by atoms with Crippen LogP contribution in [-0.4, -0.2) is 50.0 Å². The van der Waals surface area contributed by atoms with Gasteiger partial charge in [0.1, 0.15) is 5.69 Å². The third kappa shape index (κ3) is 3.90. The van der Waals surface area contributed by atoms with Gasteiger partial charge in [-0.25, -0.2) is 0 Å². The van der Waals surface area contributed by atoms with Crippen LogP contribution in [0.4, 0.5) is 0 Å². The third-order valence-corrected chi connectivity index (χ3v) is 5.48. The number of hydrogen-bond acceptors (Lipinski definition) is 3. The standard InChI is InChI=1S/C22H27N5O2/c1-15(2)27-10-8-20(24-27)21(28)23-12-19-5-4-9-26(19)22(29)17-6-7-18-11-16(3)13-25(18)14-17/h6-8,10-11,13-15,19H,4-5,9,12H2,1-3H3,(H,23,28). The first-order chi connectivity index (χ1) is 13.9. The first-order valence-electron chi connectivity index (χ1n) is 10.1. The van der Waals surface area contributed by atoms with E-state index in [2.05, 4.69) is 16.5 Å². The smallest absolute Gasteiger partial charge is 0.271 e. The van der Waals surface area contributed by atoms with Crippen LogP contribution >= 0.6 is 0 Å². The molecule has 2 amide bonds. The van der Waals surface area contributed by atoms with Gasteiger partial charge in [-0.3, -0.25) is 14.3 Å². The Morgan fingerprint density at radius 3 is 2.83 bits per heavy atom. The molecule has 1 N–H and O–H groups in total. The molecule has 0 radical (unpaired) electrons. The first-order valence-corrected chi connectivity index (χ1v) is 10.1. The van der Waals surface area contributed by atoms with E-state index in [1.54, 1.807) is 10.7 Å². The van der Waals surface area contributed by atoms with E-state index in [1.165, 1.54) is 0 Å². The zero-order valence-corrected chi connectivity index (χ0v) is 17.1. The fraction of sp³-hybridized carbons (Fsp3) is 0.409. The molecule has 0 saturated carbocycles. The summed E-state index contributed by atoms with van der Waals surface area (Å²) in [5.41, 5.74) is 3.31. The number of carbonyl (C=O) groups is 2. The van der Waals surface area contributed by atoms with Crippen LogP contribution in [0.15, 0.2) is 42.9 Å². The molecule has 0 spiro atoms. The molecule has 1 aliphatic heterocycles. The van der Waals surface area contributed by atoms with E-state index >= 15 is 0 Å². The maximum Gasteiger partial charge on any atom is 0.271 e. The molecule has 7 heteroatoms. The van der Waals surface area contributed by atoms with Gasteiger partial charge in [-0.15, -0.1) is 0 Å². The fourth-order valence-corrected chi connectivity index (χ4v) is 3.91. The van der Waals surface area contributed by atoms with Gasteiger partial charge in [0.2, 0.25) is 0 Å². The summed E-state index contributed by atoms with van der Waals surface area (Å²) in [7, 11) is 0. The summed E-state index contributed by atoms with van der Waals surface area (Å²) >= 11 is 0. The SMILES string of the molecule is Cc1cc2ccc(C(=O)N3CCCC3CNC(=O)c3ccn(C(C)C)n3)cn2c1. The molecule has 3 aromatic rings. The minimum absolute atomic E-state index is 0.000676. The molecule has 7 nitrogen and oxygen atoms in total. The van der Waals surface area contributed by atoms with Gasteiger partial charge < -0.3 is 14.6 Å². The van der Waals surface area contributed by atoms with Crippen LogP contribution in [0.3, 0.4) is 0 Å². The lowest BCUT2D eigenvalue weighted by Gasteiger charge is -2.25. The number of carbonyl (C=O) groups excluding carboxylic acids is 2. The Hall–Kier alpha value is -3.09. The van der Waals surface area contributed by atoms with Gasteiger partial charge in [0.05, 0.1) is 5.56 Å². The minimum atomic E-state index is -0.201. The maximum atomic E-state index is 13.1. The van der Waals surface area contributed by atoms with Crippen molar-refractivity contribution >= 4 is 17.3 Å². The number of pyridine rings is 1. The van der Waals surface area contributed by atoms with E-state index in [1.807, 2.05) is 60.8 Å². The van der Waals surface area contributed by atoms with Gasteiger partial charge in [-0.1, -0.05) is 0 Å². The van der Waals surface area contributed by atoms with Crippen LogP contribution in [0.5, 0.6) is 0 Å². The van der Waals surface area contributed by atoms with Gasteiger partial charge in [0.25, 0.3) is 11.8 Å². The highest BCUT2D eigenvalue weighted by atomic mass is 16.2. The Labute approximate surface area is 170 Å². The summed E-state index contributed by atoms with van der Waals surface area (Å²) in [4.78, 5) is 27.4. The Morgan fingerprint density at radius 2 is 2.07 bits per heavy atom. The predicted molar refractivity (Wildman–Crippen MR) is 111 cm³/mol. The highest BCUT2D eigenvalue weighted by Crippen LogP contribution is 2.21. The summed E-state index contributed by atoms with van der Waals surface area (Å²) in [6, 6.07) is 7.87. The van der Waals surface area contributed by atoms with Crippen LogP contribution in [0.1, 0.15) is 59.1 Å². The molecule has 0 bridgehead atoms. The zero-order chi connectivity index (χ0) is 20.5. The van der Waals surface area contributed by atoms with E-state index < -0.39 is 0 Å². The van der Waals surface area contributed by atoms with Crippen molar-refractivity contribution in [2.45, 2.75) is 45.7 Å². The number of likely N-dealkylation sites (tertiary alicyclic amines) is 1. The molecule has 1 atom stereocenters. The van der Waals surface area contributed by atoms with Gasteiger partial charge >= 0.3 is 0 Å². The molecule has 152 valence electrons. The minimum Gasteiger partial charge on any atom is -0.349 e. The number of rotatable bonds is 5. The van der Waals surface area contributed by atoms with Crippen LogP contribution in [0.25, 0.3) is 5.52 Å². The van der Waals surface area contributed by atoms with E-state index in [0.717, 1.165) is 23.9 Å². The molecule has 0 aliphatic carbocycles. The van der Waals surface area contributed by atoms with Crippen molar-refractivity contribution in [3.8, 4) is 0 Å². The lowest BCUT2D eigenvalue weighted by molar-refractivity contribution is 0.0724. The van der Waals surface area contributed by atoms with Crippen LogP contribution in [0.2, 0.25) is 0 Å². The lowest BCUT2D eigenvalue weighted by Crippen LogP contribution is -2.43. The summed E-state index contributed by atoms with van der Waals surface area (Å²) in [6.07, 6.45) is 7.54. The average molecular weight is 393 g/mol. The first kappa shape index (κ1) is 19.2. The van der Waals surface area contributed by atoms with E-state index in [9.17, 15) is 9.59 Å². The van der Waals surface area contributed by atoms with Crippen molar-refractivity contribution in [1.82, 2.24) is 24.4 Å². The van der Waals surface area contributed by atoms with Crippen LogP contribution in [0, 0.1) is 6.92 Å². The molecule has 29 heavy (non-hydrogen) atoms. The van der Waals surface area contributed by atoms with Gasteiger partial charge in [-0.05, 0) is 63.4 Å². The average Bonchev–Trinajstić information content (AvgIpc) is 3.42. The van der Waals surface area contributed by atoms with E-state index in [-0.39, 0.29) is 23.9 Å². The molecule has 0 aromatic carbocycles. The predicted octanol–water partition coefficient (Wildman–Crippen LogP) is 3.06. The Kier molecular flexibility index (Phi) is 5.13.